The van der Waals surface area contributed by atoms with Crippen molar-refractivity contribution in [1.29, 1.82) is 0 Å². The van der Waals surface area contributed by atoms with Crippen molar-refractivity contribution in [2.75, 3.05) is 10.2 Å². The minimum atomic E-state index is -0.360. The Morgan fingerprint density at radius 2 is 1.53 bits per heavy atom. The van der Waals surface area contributed by atoms with Crippen molar-refractivity contribution in [1.82, 2.24) is 14.8 Å². The Morgan fingerprint density at radius 1 is 0.912 bits per heavy atom. The first-order valence-electron chi connectivity index (χ1n) is 11.3. The first-order valence-corrected chi connectivity index (χ1v) is 11.6. The van der Waals surface area contributed by atoms with Crippen LogP contribution in [0.1, 0.15) is 42.5 Å². The number of carbonyl (C=O) groups is 2. The second-order valence-electron chi connectivity index (χ2n) is 8.90. The monoisotopic (exact) mass is 477 g/mol. The van der Waals surface area contributed by atoms with Crippen molar-refractivity contribution in [3.05, 3.63) is 82.6 Å². The third kappa shape index (κ3) is 3.40. The maximum Gasteiger partial charge on any atom is 0.260 e. The normalized spacial score (nSPS) is 25.8. The molecular formula is C25H21ClFN5O2. The van der Waals surface area contributed by atoms with Crippen molar-refractivity contribution in [2.24, 2.45) is 11.8 Å². The second kappa shape index (κ2) is 8.06. The Labute approximate surface area is 200 Å². The number of amides is 2. The average Bonchev–Trinajstić information content (AvgIpc) is 3.38. The molecule has 0 unspecified atom stereocenters. The number of nitrogens with zero attached hydrogens (tertiary/aromatic N) is 4. The Morgan fingerprint density at radius 3 is 2.18 bits per heavy atom. The third-order valence-electron chi connectivity index (χ3n) is 6.91. The molecule has 1 fully saturated rings. The fourth-order valence-electron chi connectivity index (χ4n) is 5.13. The molecule has 0 bridgehead atoms. The van der Waals surface area contributed by atoms with Gasteiger partial charge in [0.1, 0.15) is 5.82 Å². The van der Waals surface area contributed by atoms with E-state index in [1.54, 1.807) is 16.8 Å². The van der Waals surface area contributed by atoms with Crippen LogP contribution < -0.4 is 10.2 Å². The highest BCUT2D eigenvalue weighted by Crippen LogP contribution is 2.41. The van der Waals surface area contributed by atoms with E-state index in [4.69, 9.17) is 11.6 Å². The van der Waals surface area contributed by atoms with E-state index < -0.39 is 0 Å². The number of hydrogen-bond donors (Lipinski definition) is 1. The molecule has 6 rings (SSSR count). The number of fused-ring (bicyclic) bond motifs is 2. The summed E-state index contributed by atoms with van der Waals surface area (Å²) in [5, 5.41) is 8.64. The Kier molecular flexibility index (Phi) is 4.99. The quantitative estimate of drug-likeness (QED) is 0.438. The van der Waals surface area contributed by atoms with Crippen molar-refractivity contribution in [2.45, 2.75) is 31.3 Å². The Bertz CT molecular complexity index is 1280. The minimum Gasteiger partial charge on any atom is -0.347 e. The predicted molar refractivity (Wildman–Crippen MR) is 125 cm³/mol. The molecule has 1 aromatic heterocycles. The van der Waals surface area contributed by atoms with Gasteiger partial charge in [-0.25, -0.2) is 14.0 Å². The molecule has 1 saturated heterocycles. The first kappa shape index (κ1) is 21.0. The standard InChI is InChI=1S/C25H21ClFN5O2/c26-16-9-5-14(6-10-16)20-13-21(15-7-11-17(27)12-8-15)32-24(28-20)29-25(30-32)31-22(33)18-3-1-2-4-19(18)23(31)34/h1-2,5-12,18-21H,3-4,13H2,(H,28,29,30)/t18-,19-,20+,21-/m0/s1. The molecule has 3 aromatic rings. The van der Waals surface area contributed by atoms with E-state index in [0.29, 0.717) is 30.2 Å². The zero-order valence-electron chi connectivity index (χ0n) is 18.1. The lowest BCUT2D eigenvalue weighted by Crippen LogP contribution is -2.32. The van der Waals surface area contributed by atoms with Gasteiger partial charge in [-0.15, -0.1) is 5.10 Å². The number of imide groups is 1. The summed E-state index contributed by atoms with van der Waals surface area (Å²) in [5.41, 5.74) is 1.87. The molecule has 2 aromatic carbocycles. The van der Waals surface area contributed by atoms with Crippen LogP contribution in [0.3, 0.4) is 0 Å². The summed E-state index contributed by atoms with van der Waals surface area (Å²) < 4.78 is 15.3. The summed E-state index contributed by atoms with van der Waals surface area (Å²) in [5.74, 6) is -1.03. The molecule has 0 saturated carbocycles. The minimum absolute atomic E-state index is 0.0794. The summed E-state index contributed by atoms with van der Waals surface area (Å²) in [4.78, 5) is 31.9. The van der Waals surface area contributed by atoms with Gasteiger partial charge in [0.2, 0.25) is 17.8 Å². The second-order valence-corrected chi connectivity index (χ2v) is 9.34. The lowest BCUT2D eigenvalue weighted by Gasteiger charge is -2.31. The summed E-state index contributed by atoms with van der Waals surface area (Å²) in [7, 11) is 0. The van der Waals surface area contributed by atoms with E-state index in [-0.39, 0.29) is 47.5 Å². The Hall–Kier alpha value is -3.52. The zero-order chi connectivity index (χ0) is 23.4. The van der Waals surface area contributed by atoms with Gasteiger partial charge in [-0.2, -0.15) is 4.98 Å². The van der Waals surface area contributed by atoms with Crippen LogP contribution in [0.5, 0.6) is 0 Å². The van der Waals surface area contributed by atoms with Crippen LogP contribution in [0.25, 0.3) is 0 Å². The van der Waals surface area contributed by atoms with Gasteiger partial charge in [-0.3, -0.25) is 9.59 Å². The van der Waals surface area contributed by atoms with Gasteiger partial charge in [0.15, 0.2) is 0 Å². The van der Waals surface area contributed by atoms with Crippen LogP contribution in [0.4, 0.5) is 16.3 Å². The summed E-state index contributed by atoms with van der Waals surface area (Å²) in [6.45, 7) is 0. The molecule has 4 atom stereocenters. The molecule has 34 heavy (non-hydrogen) atoms. The fraction of sp³-hybridized carbons (Fsp3) is 0.280. The van der Waals surface area contributed by atoms with Crippen molar-refractivity contribution < 1.29 is 14.0 Å². The van der Waals surface area contributed by atoms with Crippen molar-refractivity contribution in [3.8, 4) is 0 Å². The van der Waals surface area contributed by atoms with E-state index >= 15 is 0 Å². The molecule has 3 heterocycles. The molecule has 172 valence electrons. The van der Waals surface area contributed by atoms with Crippen LogP contribution in [0.15, 0.2) is 60.7 Å². The fourth-order valence-corrected chi connectivity index (χ4v) is 5.26. The van der Waals surface area contributed by atoms with E-state index in [9.17, 15) is 14.0 Å². The zero-order valence-corrected chi connectivity index (χ0v) is 18.8. The number of aromatic nitrogens is 3. The molecular weight excluding hydrogens is 457 g/mol. The Balaban J connectivity index is 1.40. The molecule has 0 spiro atoms. The van der Waals surface area contributed by atoms with E-state index in [2.05, 4.69) is 15.4 Å². The molecule has 1 aliphatic carbocycles. The maximum absolute atomic E-state index is 13.6. The lowest BCUT2D eigenvalue weighted by molar-refractivity contribution is -0.122. The van der Waals surface area contributed by atoms with Gasteiger partial charge < -0.3 is 5.32 Å². The lowest BCUT2D eigenvalue weighted by atomic mass is 9.85. The van der Waals surface area contributed by atoms with Crippen molar-refractivity contribution in [3.63, 3.8) is 0 Å². The van der Waals surface area contributed by atoms with Crippen molar-refractivity contribution >= 4 is 35.3 Å². The topological polar surface area (TPSA) is 80.1 Å². The van der Waals surface area contributed by atoms with E-state index in [1.165, 1.54) is 12.1 Å². The number of carbonyl (C=O) groups excluding carboxylic acids is 2. The van der Waals surface area contributed by atoms with Gasteiger partial charge in [-0.1, -0.05) is 48.0 Å². The number of nitrogens with one attached hydrogen (secondary N) is 1. The predicted octanol–water partition coefficient (Wildman–Crippen LogP) is 4.67. The van der Waals surface area contributed by atoms with E-state index in [0.717, 1.165) is 16.0 Å². The highest BCUT2D eigenvalue weighted by Gasteiger charge is 2.49. The van der Waals surface area contributed by atoms with Crippen LogP contribution in [-0.4, -0.2) is 26.6 Å². The average molecular weight is 478 g/mol. The number of anilines is 2. The summed E-state index contributed by atoms with van der Waals surface area (Å²) >= 11 is 6.07. The number of rotatable bonds is 3. The van der Waals surface area contributed by atoms with Gasteiger partial charge in [0, 0.05) is 5.02 Å². The molecule has 2 amide bonds. The molecule has 7 nitrogen and oxygen atoms in total. The van der Waals surface area contributed by atoms with Gasteiger partial charge in [0.05, 0.1) is 23.9 Å². The van der Waals surface area contributed by atoms with E-state index in [1.807, 2.05) is 36.4 Å². The van der Waals surface area contributed by atoms with Crippen LogP contribution in [-0.2, 0) is 9.59 Å². The molecule has 0 radical (unpaired) electrons. The first-order chi connectivity index (χ1) is 16.5. The number of hydrogen-bond acceptors (Lipinski definition) is 5. The third-order valence-corrected chi connectivity index (χ3v) is 7.16. The summed E-state index contributed by atoms with van der Waals surface area (Å²) in [6, 6.07) is 13.4. The number of benzene rings is 2. The highest BCUT2D eigenvalue weighted by molar-refractivity contribution is 6.30. The summed E-state index contributed by atoms with van der Waals surface area (Å²) in [6.07, 6.45) is 5.61. The smallest absolute Gasteiger partial charge is 0.260 e. The SMILES string of the molecule is O=C1[C@H]2CC=CC[C@@H]2C(=O)N1c1nc2n(n1)[C@H](c1ccc(F)cc1)C[C@H](c1ccc(Cl)cc1)N2. The molecule has 9 heteroatoms. The van der Waals surface area contributed by atoms with Gasteiger partial charge >= 0.3 is 0 Å². The van der Waals surface area contributed by atoms with Gasteiger partial charge in [0.25, 0.3) is 5.95 Å². The maximum atomic E-state index is 13.6. The largest absolute Gasteiger partial charge is 0.347 e. The van der Waals surface area contributed by atoms with Crippen LogP contribution in [0.2, 0.25) is 5.02 Å². The molecule has 1 N–H and O–H groups in total. The molecule has 3 aliphatic rings. The number of halogens is 2. The molecule has 2 aliphatic heterocycles. The van der Waals surface area contributed by atoms with Crippen LogP contribution >= 0.6 is 11.6 Å². The number of allylic oxidation sites excluding steroid dienone is 2. The van der Waals surface area contributed by atoms with Gasteiger partial charge in [-0.05, 0) is 54.7 Å². The highest BCUT2D eigenvalue weighted by atomic mass is 35.5. The van der Waals surface area contributed by atoms with Crippen LogP contribution in [0, 0.1) is 17.7 Å².